The van der Waals surface area contributed by atoms with Gasteiger partial charge in [0, 0.05) is 5.02 Å². The first kappa shape index (κ1) is 12.2. The van der Waals surface area contributed by atoms with Gasteiger partial charge in [-0.1, -0.05) is 11.6 Å². The minimum absolute atomic E-state index is 0.123. The first-order valence-electron chi connectivity index (χ1n) is 4.89. The first-order valence-corrected chi connectivity index (χ1v) is 5.27. The lowest BCUT2D eigenvalue weighted by atomic mass is 10.3. The molecule has 1 aromatic carbocycles. The molecule has 1 heterocycles. The second-order valence-electron chi connectivity index (χ2n) is 3.33. The van der Waals surface area contributed by atoms with E-state index < -0.39 is 11.6 Å². The van der Waals surface area contributed by atoms with Gasteiger partial charge in [-0.05, 0) is 18.2 Å². The number of nitrogens with one attached hydrogen (secondary N) is 3. The highest BCUT2D eigenvalue weighted by Gasteiger charge is 2.13. The minimum Gasteiger partial charge on any atom is -0.495 e. The largest absolute Gasteiger partial charge is 0.495 e. The van der Waals surface area contributed by atoms with E-state index in [0.29, 0.717) is 16.5 Å². The molecule has 1 amide bonds. The molecule has 0 unspecified atom stereocenters. The number of hydrogen-bond acceptors (Lipinski definition) is 4. The van der Waals surface area contributed by atoms with E-state index in [1.165, 1.54) is 13.2 Å². The number of carbonyl (C=O) groups is 1. The third-order valence-electron chi connectivity index (χ3n) is 2.13. The molecule has 2 rings (SSSR count). The Morgan fingerprint density at radius 2 is 2.28 bits per heavy atom. The molecule has 0 atom stereocenters. The zero-order chi connectivity index (χ0) is 13.1. The van der Waals surface area contributed by atoms with E-state index >= 15 is 0 Å². The third kappa shape index (κ3) is 2.51. The van der Waals surface area contributed by atoms with Gasteiger partial charge in [0.15, 0.2) is 0 Å². The van der Waals surface area contributed by atoms with Crippen LogP contribution in [-0.4, -0.2) is 28.2 Å². The van der Waals surface area contributed by atoms with E-state index in [9.17, 15) is 9.59 Å². The lowest BCUT2D eigenvalue weighted by molar-refractivity contribution is 0.101. The number of carbonyl (C=O) groups excluding carboxylic acids is 1. The van der Waals surface area contributed by atoms with Gasteiger partial charge in [-0.2, -0.15) is 0 Å². The number of H-pyrrole nitrogens is 2. The third-order valence-corrected chi connectivity index (χ3v) is 2.36. The van der Waals surface area contributed by atoms with Gasteiger partial charge in [0.25, 0.3) is 5.91 Å². The summed E-state index contributed by atoms with van der Waals surface area (Å²) in [4.78, 5) is 24.8. The molecule has 0 bridgehead atoms. The fourth-order valence-electron chi connectivity index (χ4n) is 1.34. The first-order chi connectivity index (χ1) is 8.60. The molecule has 2 aromatic rings. The number of ether oxygens (including phenoxy) is 1. The lowest BCUT2D eigenvalue weighted by Gasteiger charge is -2.09. The van der Waals surface area contributed by atoms with Crippen molar-refractivity contribution in [3.05, 3.63) is 39.5 Å². The van der Waals surface area contributed by atoms with E-state index in [0.717, 1.165) is 0 Å². The Morgan fingerprint density at radius 3 is 2.89 bits per heavy atom. The van der Waals surface area contributed by atoms with Crippen LogP contribution in [0.2, 0.25) is 5.02 Å². The predicted octanol–water partition coefficient (Wildman–Crippen LogP) is 1.01. The van der Waals surface area contributed by atoms with Gasteiger partial charge in [-0.15, -0.1) is 5.10 Å². The molecular formula is C10H9ClN4O3. The molecule has 0 saturated heterocycles. The van der Waals surface area contributed by atoms with Crippen LogP contribution >= 0.6 is 11.6 Å². The predicted molar refractivity (Wildman–Crippen MR) is 65.2 cm³/mol. The van der Waals surface area contributed by atoms with Crippen molar-refractivity contribution in [3.63, 3.8) is 0 Å². The zero-order valence-corrected chi connectivity index (χ0v) is 10.0. The van der Waals surface area contributed by atoms with Crippen LogP contribution in [0.5, 0.6) is 5.75 Å². The number of nitrogens with zero attached hydrogens (tertiary/aromatic N) is 1. The maximum atomic E-state index is 11.7. The van der Waals surface area contributed by atoms with Crippen molar-refractivity contribution in [3.8, 4) is 5.75 Å². The summed E-state index contributed by atoms with van der Waals surface area (Å²) in [6, 6.07) is 4.78. The second kappa shape index (κ2) is 4.92. The quantitative estimate of drug-likeness (QED) is 0.773. The van der Waals surface area contributed by atoms with E-state index in [4.69, 9.17) is 16.3 Å². The van der Waals surface area contributed by atoms with Gasteiger partial charge < -0.3 is 10.1 Å². The number of methoxy groups -OCH3 is 1. The van der Waals surface area contributed by atoms with Crippen molar-refractivity contribution in [1.82, 2.24) is 15.2 Å². The van der Waals surface area contributed by atoms with Crippen molar-refractivity contribution in [2.45, 2.75) is 0 Å². The number of aromatic amines is 2. The number of amides is 1. The molecule has 0 aliphatic carbocycles. The van der Waals surface area contributed by atoms with Crippen LogP contribution in [-0.2, 0) is 0 Å². The number of rotatable bonds is 3. The van der Waals surface area contributed by atoms with Crippen LogP contribution < -0.4 is 15.7 Å². The number of halogens is 1. The highest BCUT2D eigenvalue weighted by Crippen LogP contribution is 2.27. The van der Waals surface area contributed by atoms with E-state index in [2.05, 4.69) is 20.5 Å². The number of benzene rings is 1. The summed E-state index contributed by atoms with van der Waals surface area (Å²) in [7, 11) is 1.47. The topological polar surface area (TPSA) is 99.9 Å². The molecule has 1 aromatic heterocycles. The normalized spacial score (nSPS) is 10.1. The highest BCUT2D eigenvalue weighted by atomic mass is 35.5. The molecule has 0 spiro atoms. The number of aromatic nitrogens is 3. The Hall–Kier alpha value is -2.28. The van der Waals surface area contributed by atoms with Crippen LogP contribution in [0.25, 0.3) is 0 Å². The molecule has 0 aliphatic heterocycles. The molecule has 18 heavy (non-hydrogen) atoms. The summed E-state index contributed by atoms with van der Waals surface area (Å²) >= 11 is 5.82. The number of anilines is 1. The molecule has 3 N–H and O–H groups in total. The summed E-state index contributed by atoms with van der Waals surface area (Å²) in [5.41, 5.74) is -0.169. The van der Waals surface area contributed by atoms with Gasteiger partial charge in [0.2, 0.25) is 5.82 Å². The molecule has 8 heteroatoms. The van der Waals surface area contributed by atoms with Crippen LogP contribution in [0, 0.1) is 0 Å². The van der Waals surface area contributed by atoms with Crippen molar-refractivity contribution in [1.29, 1.82) is 0 Å². The van der Waals surface area contributed by atoms with E-state index in [1.807, 2.05) is 0 Å². The zero-order valence-electron chi connectivity index (χ0n) is 9.28. The highest BCUT2D eigenvalue weighted by molar-refractivity contribution is 6.31. The van der Waals surface area contributed by atoms with Gasteiger partial charge in [-0.25, -0.2) is 9.89 Å². The van der Waals surface area contributed by atoms with Crippen LogP contribution in [0.3, 0.4) is 0 Å². The number of hydrogen-bond donors (Lipinski definition) is 3. The van der Waals surface area contributed by atoms with E-state index in [-0.39, 0.29) is 5.82 Å². The minimum atomic E-state index is -0.575. The summed E-state index contributed by atoms with van der Waals surface area (Å²) in [5, 5.41) is 8.58. The van der Waals surface area contributed by atoms with Crippen LogP contribution in [0.1, 0.15) is 10.6 Å². The lowest BCUT2D eigenvalue weighted by Crippen LogP contribution is -2.15. The Balaban J connectivity index is 2.26. The fraction of sp³-hybridized carbons (Fsp3) is 0.100. The molecule has 7 nitrogen and oxygen atoms in total. The van der Waals surface area contributed by atoms with Crippen LogP contribution in [0.4, 0.5) is 5.69 Å². The summed E-state index contributed by atoms with van der Waals surface area (Å²) in [5.74, 6) is -0.249. The van der Waals surface area contributed by atoms with Gasteiger partial charge in [0.1, 0.15) is 5.75 Å². The van der Waals surface area contributed by atoms with Crippen molar-refractivity contribution in [2.24, 2.45) is 0 Å². The monoisotopic (exact) mass is 268 g/mol. The van der Waals surface area contributed by atoms with Crippen molar-refractivity contribution >= 4 is 23.2 Å². The van der Waals surface area contributed by atoms with Gasteiger partial charge in [-0.3, -0.25) is 9.78 Å². The Kier molecular flexibility index (Phi) is 3.33. The van der Waals surface area contributed by atoms with Crippen molar-refractivity contribution < 1.29 is 9.53 Å². The van der Waals surface area contributed by atoms with E-state index in [1.54, 1.807) is 12.1 Å². The van der Waals surface area contributed by atoms with Crippen LogP contribution in [0.15, 0.2) is 23.0 Å². The Morgan fingerprint density at radius 1 is 1.50 bits per heavy atom. The maximum absolute atomic E-state index is 11.7. The standard InChI is InChI=1S/C10H9ClN4O3/c1-18-7-3-2-5(11)4-6(7)12-9(16)8-13-10(17)15-14-8/h2-4H,1H3,(H,12,16)(H2,13,14,15,17). The molecule has 94 valence electrons. The molecule has 0 aliphatic rings. The van der Waals surface area contributed by atoms with Gasteiger partial charge >= 0.3 is 5.69 Å². The molecular weight excluding hydrogens is 260 g/mol. The molecule has 0 fully saturated rings. The smallest absolute Gasteiger partial charge is 0.341 e. The fourth-order valence-corrected chi connectivity index (χ4v) is 1.51. The second-order valence-corrected chi connectivity index (χ2v) is 3.76. The summed E-state index contributed by atoms with van der Waals surface area (Å²) < 4.78 is 5.07. The van der Waals surface area contributed by atoms with Gasteiger partial charge in [0.05, 0.1) is 12.8 Å². The Labute approximate surface area is 106 Å². The molecule has 0 radical (unpaired) electrons. The SMILES string of the molecule is COc1ccc(Cl)cc1NC(=O)c1n[nH]c(=O)[nH]1. The van der Waals surface area contributed by atoms with Crippen molar-refractivity contribution in [2.75, 3.05) is 12.4 Å². The summed E-state index contributed by atoms with van der Waals surface area (Å²) in [6.07, 6.45) is 0. The molecule has 0 saturated carbocycles. The average Bonchev–Trinajstić information content (AvgIpc) is 2.76. The average molecular weight is 269 g/mol. The summed E-state index contributed by atoms with van der Waals surface area (Å²) in [6.45, 7) is 0. The Bertz CT molecular complexity index is 634. The maximum Gasteiger partial charge on any atom is 0.341 e.